The van der Waals surface area contributed by atoms with E-state index in [1.54, 1.807) is 30.3 Å². The fourth-order valence-corrected chi connectivity index (χ4v) is 5.87. The summed E-state index contributed by atoms with van der Waals surface area (Å²) in [5.74, 6) is -1.04. The first kappa shape index (κ1) is 23.6. The number of nitrogens with one attached hydrogen (secondary N) is 1. The van der Waals surface area contributed by atoms with Crippen LogP contribution in [0.25, 0.3) is 21.8 Å². The second kappa shape index (κ2) is 9.47. The fraction of sp³-hybridized carbons (Fsp3) is 0.107. The Morgan fingerprint density at radius 2 is 1.53 bits per heavy atom. The molecule has 8 heteroatoms. The van der Waals surface area contributed by atoms with Gasteiger partial charge in [-0.2, -0.15) is 0 Å². The maximum atomic E-state index is 13.4. The van der Waals surface area contributed by atoms with Crippen molar-refractivity contribution in [2.75, 3.05) is 16.2 Å². The Kier molecular flexibility index (Phi) is 6.20. The fourth-order valence-electron chi connectivity index (χ4n) is 4.45. The van der Waals surface area contributed by atoms with Crippen LogP contribution in [0.15, 0.2) is 102 Å². The predicted octanol–water partition coefficient (Wildman–Crippen LogP) is 5.79. The van der Waals surface area contributed by atoms with E-state index in [1.807, 2.05) is 36.4 Å². The third-order valence-electron chi connectivity index (χ3n) is 6.11. The van der Waals surface area contributed by atoms with Gasteiger partial charge in [-0.25, -0.2) is 12.8 Å². The molecule has 0 atom stereocenters. The molecular formula is C28H24FN3O3S. The first-order chi connectivity index (χ1) is 17.4. The van der Waals surface area contributed by atoms with Crippen molar-refractivity contribution in [1.29, 1.82) is 0 Å². The summed E-state index contributed by atoms with van der Waals surface area (Å²) in [7, 11) is -4.12. The molecule has 5 rings (SSSR count). The molecule has 5 aromatic rings. The second-order valence-electron chi connectivity index (χ2n) is 8.34. The standard InChI is InChI=1S/C28H24FN3O3S/c1-2-31-26-11-7-6-10-24(26)25-18-21(14-17-27(25)31)30-28(33)19-32(22-8-4-3-5-9-22)36(34,35)23-15-12-20(29)13-16-23/h3-18H,2,19H2,1H3,(H,30,33). The molecule has 0 saturated carbocycles. The summed E-state index contributed by atoms with van der Waals surface area (Å²) in [5.41, 5.74) is 3.07. The molecule has 0 aliphatic heterocycles. The molecule has 0 fully saturated rings. The Bertz CT molecular complexity index is 1660. The number of aryl methyl sites for hydroxylation is 1. The summed E-state index contributed by atoms with van der Waals surface area (Å²) < 4.78 is 43.5. The summed E-state index contributed by atoms with van der Waals surface area (Å²) in [5, 5.41) is 4.93. The number of hydrogen-bond acceptors (Lipinski definition) is 3. The number of halogens is 1. The van der Waals surface area contributed by atoms with E-state index in [0.717, 1.165) is 44.8 Å². The van der Waals surface area contributed by atoms with Gasteiger partial charge in [-0.1, -0.05) is 36.4 Å². The van der Waals surface area contributed by atoms with Gasteiger partial charge in [0.2, 0.25) is 5.91 Å². The number of nitrogens with zero attached hydrogens (tertiary/aromatic N) is 2. The van der Waals surface area contributed by atoms with Gasteiger partial charge in [0.1, 0.15) is 12.4 Å². The highest BCUT2D eigenvalue weighted by Crippen LogP contribution is 2.31. The highest BCUT2D eigenvalue weighted by molar-refractivity contribution is 7.92. The monoisotopic (exact) mass is 501 g/mol. The Morgan fingerprint density at radius 1 is 0.861 bits per heavy atom. The third-order valence-corrected chi connectivity index (χ3v) is 7.89. The maximum absolute atomic E-state index is 13.4. The van der Waals surface area contributed by atoms with E-state index in [2.05, 4.69) is 22.9 Å². The average Bonchev–Trinajstić information content (AvgIpc) is 3.21. The number of para-hydroxylation sites is 2. The van der Waals surface area contributed by atoms with Gasteiger partial charge in [0.15, 0.2) is 0 Å². The lowest BCUT2D eigenvalue weighted by molar-refractivity contribution is -0.114. The van der Waals surface area contributed by atoms with Crippen molar-refractivity contribution in [3.63, 3.8) is 0 Å². The van der Waals surface area contributed by atoms with E-state index in [0.29, 0.717) is 11.4 Å². The topological polar surface area (TPSA) is 71.4 Å². The lowest BCUT2D eigenvalue weighted by atomic mass is 10.1. The molecule has 36 heavy (non-hydrogen) atoms. The van der Waals surface area contributed by atoms with Crippen molar-refractivity contribution < 1.29 is 17.6 Å². The van der Waals surface area contributed by atoms with Crippen LogP contribution < -0.4 is 9.62 Å². The quantitative estimate of drug-likeness (QED) is 0.307. The van der Waals surface area contributed by atoms with Gasteiger partial charge >= 0.3 is 0 Å². The lowest BCUT2D eigenvalue weighted by Crippen LogP contribution is -2.38. The average molecular weight is 502 g/mol. The summed E-state index contributed by atoms with van der Waals surface area (Å²) in [6.45, 7) is 2.45. The highest BCUT2D eigenvalue weighted by atomic mass is 32.2. The van der Waals surface area contributed by atoms with Crippen molar-refractivity contribution >= 4 is 49.1 Å². The Hall–Kier alpha value is -4.17. The van der Waals surface area contributed by atoms with Crippen LogP contribution in [0.2, 0.25) is 0 Å². The number of hydrogen-bond donors (Lipinski definition) is 1. The summed E-state index contributed by atoms with van der Waals surface area (Å²) in [6.07, 6.45) is 0. The smallest absolute Gasteiger partial charge is 0.264 e. The molecule has 1 N–H and O–H groups in total. The van der Waals surface area contributed by atoms with Crippen LogP contribution in [0.3, 0.4) is 0 Å². The molecule has 1 heterocycles. The number of carbonyl (C=O) groups excluding carboxylic acids is 1. The van der Waals surface area contributed by atoms with Crippen LogP contribution >= 0.6 is 0 Å². The van der Waals surface area contributed by atoms with E-state index in [-0.39, 0.29) is 4.90 Å². The van der Waals surface area contributed by atoms with Gasteiger partial charge in [-0.05, 0) is 67.6 Å². The number of benzene rings is 4. The van der Waals surface area contributed by atoms with Gasteiger partial charge in [0, 0.05) is 34.0 Å². The molecule has 182 valence electrons. The molecule has 1 aromatic heterocycles. The summed E-state index contributed by atoms with van der Waals surface area (Å²) >= 11 is 0. The van der Waals surface area contributed by atoms with Crippen LogP contribution in [-0.2, 0) is 21.4 Å². The summed E-state index contributed by atoms with van der Waals surface area (Å²) in [4.78, 5) is 13.0. The van der Waals surface area contributed by atoms with Crippen LogP contribution in [0.5, 0.6) is 0 Å². The molecular weight excluding hydrogens is 477 g/mol. The zero-order chi connectivity index (χ0) is 25.3. The highest BCUT2D eigenvalue weighted by Gasteiger charge is 2.27. The van der Waals surface area contributed by atoms with E-state index in [1.165, 1.54) is 12.1 Å². The Labute approximate surface area is 208 Å². The Balaban J connectivity index is 1.47. The SMILES string of the molecule is CCn1c2ccccc2c2cc(NC(=O)CN(c3ccccc3)S(=O)(=O)c3ccc(F)cc3)ccc21. The van der Waals surface area contributed by atoms with E-state index in [9.17, 15) is 17.6 Å². The van der Waals surface area contributed by atoms with Crippen molar-refractivity contribution in [1.82, 2.24) is 4.57 Å². The zero-order valence-corrected chi connectivity index (χ0v) is 20.4. The lowest BCUT2D eigenvalue weighted by Gasteiger charge is -2.24. The largest absolute Gasteiger partial charge is 0.341 e. The normalized spacial score (nSPS) is 11.6. The van der Waals surface area contributed by atoms with Gasteiger partial charge < -0.3 is 9.88 Å². The van der Waals surface area contributed by atoms with Crippen molar-refractivity contribution in [3.05, 3.63) is 103 Å². The van der Waals surface area contributed by atoms with Gasteiger partial charge in [-0.3, -0.25) is 9.10 Å². The molecule has 6 nitrogen and oxygen atoms in total. The van der Waals surface area contributed by atoms with Crippen molar-refractivity contribution in [2.24, 2.45) is 0 Å². The van der Waals surface area contributed by atoms with E-state index >= 15 is 0 Å². The molecule has 1 amide bonds. The van der Waals surface area contributed by atoms with Gasteiger partial charge in [0.25, 0.3) is 10.0 Å². The first-order valence-corrected chi connectivity index (χ1v) is 13.0. The minimum absolute atomic E-state index is 0.102. The number of aromatic nitrogens is 1. The molecule has 0 spiro atoms. The van der Waals surface area contributed by atoms with E-state index < -0.39 is 28.3 Å². The molecule has 0 aliphatic carbocycles. The number of anilines is 2. The van der Waals surface area contributed by atoms with Crippen LogP contribution in [-0.4, -0.2) is 25.4 Å². The first-order valence-electron chi connectivity index (χ1n) is 11.5. The predicted molar refractivity (Wildman–Crippen MR) is 141 cm³/mol. The maximum Gasteiger partial charge on any atom is 0.264 e. The summed E-state index contributed by atoms with van der Waals surface area (Å²) in [6, 6.07) is 26.7. The van der Waals surface area contributed by atoms with Gasteiger partial charge in [0.05, 0.1) is 10.6 Å². The number of sulfonamides is 1. The van der Waals surface area contributed by atoms with Gasteiger partial charge in [-0.15, -0.1) is 0 Å². The van der Waals surface area contributed by atoms with Crippen molar-refractivity contribution in [3.8, 4) is 0 Å². The van der Waals surface area contributed by atoms with Crippen molar-refractivity contribution in [2.45, 2.75) is 18.4 Å². The number of carbonyl (C=O) groups is 1. The third kappa shape index (κ3) is 4.31. The van der Waals surface area contributed by atoms with Crippen LogP contribution in [0.1, 0.15) is 6.92 Å². The molecule has 0 unspecified atom stereocenters. The van der Waals surface area contributed by atoms with E-state index in [4.69, 9.17) is 0 Å². The minimum atomic E-state index is -4.12. The molecule has 0 saturated heterocycles. The zero-order valence-electron chi connectivity index (χ0n) is 19.6. The minimum Gasteiger partial charge on any atom is -0.341 e. The number of fused-ring (bicyclic) bond motifs is 3. The van der Waals surface area contributed by atoms with Crippen LogP contribution in [0, 0.1) is 5.82 Å². The molecule has 0 bridgehead atoms. The molecule has 4 aromatic carbocycles. The second-order valence-corrected chi connectivity index (χ2v) is 10.2. The van der Waals surface area contributed by atoms with Crippen LogP contribution in [0.4, 0.5) is 15.8 Å². The molecule has 0 radical (unpaired) electrons. The number of rotatable bonds is 7. The molecule has 0 aliphatic rings. The Morgan fingerprint density at radius 3 is 2.25 bits per heavy atom. The number of amides is 1.